The Morgan fingerprint density at radius 3 is 2.95 bits per heavy atom. The SMILES string of the molecule is Cc1nc(CCNC(=O)C2(n3cccn3)CCNCC2)cs1. The van der Waals surface area contributed by atoms with Gasteiger partial charge in [-0.25, -0.2) is 4.98 Å². The van der Waals surface area contributed by atoms with Crippen molar-refractivity contribution in [2.75, 3.05) is 19.6 Å². The molecule has 3 rings (SSSR count). The van der Waals surface area contributed by atoms with Crippen LogP contribution in [0.1, 0.15) is 23.5 Å². The largest absolute Gasteiger partial charge is 0.354 e. The zero-order valence-electron chi connectivity index (χ0n) is 12.7. The molecule has 22 heavy (non-hydrogen) atoms. The third-order valence-electron chi connectivity index (χ3n) is 4.13. The molecule has 0 atom stereocenters. The number of piperidine rings is 1. The predicted octanol–water partition coefficient (Wildman–Crippen LogP) is 1.09. The third kappa shape index (κ3) is 3.05. The second-order valence-electron chi connectivity index (χ2n) is 5.60. The summed E-state index contributed by atoms with van der Waals surface area (Å²) in [6, 6.07) is 1.87. The number of aromatic nitrogens is 3. The van der Waals surface area contributed by atoms with Gasteiger partial charge in [-0.1, -0.05) is 0 Å². The Bertz CT molecular complexity index is 616. The van der Waals surface area contributed by atoms with Crippen LogP contribution in [0, 0.1) is 6.92 Å². The van der Waals surface area contributed by atoms with Gasteiger partial charge in [0.15, 0.2) is 0 Å². The zero-order valence-corrected chi connectivity index (χ0v) is 13.5. The number of nitrogens with one attached hydrogen (secondary N) is 2. The first-order chi connectivity index (χ1) is 10.7. The molecule has 0 aromatic carbocycles. The minimum Gasteiger partial charge on any atom is -0.354 e. The van der Waals surface area contributed by atoms with E-state index in [4.69, 9.17) is 0 Å². The number of nitrogens with zero attached hydrogens (tertiary/aromatic N) is 3. The van der Waals surface area contributed by atoms with Crippen LogP contribution in [0.15, 0.2) is 23.8 Å². The van der Waals surface area contributed by atoms with Crippen molar-refractivity contribution in [3.05, 3.63) is 34.5 Å². The highest BCUT2D eigenvalue weighted by Crippen LogP contribution is 2.27. The molecule has 2 aromatic rings. The monoisotopic (exact) mass is 319 g/mol. The van der Waals surface area contributed by atoms with Crippen LogP contribution in [-0.2, 0) is 16.8 Å². The number of thiazole rings is 1. The molecule has 1 amide bonds. The van der Waals surface area contributed by atoms with Gasteiger partial charge < -0.3 is 10.6 Å². The summed E-state index contributed by atoms with van der Waals surface area (Å²) >= 11 is 1.64. The minimum absolute atomic E-state index is 0.0599. The van der Waals surface area contributed by atoms with Gasteiger partial charge in [-0.3, -0.25) is 9.48 Å². The predicted molar refractivity (Wildman–Crippen MR) is 85.9 cm³/mol. The number of rotatable bonds is 5. The molecule has 1 aliphatic heterocycles. The molecule has 0 unspecified atom stereocenters. The maximum absolute atomic E-state index is 12.8. The van der Waals surface area contributed by atoms with Gasteiger partial charge in [-0.05, 0) is 38.9 Å². The van der Waals surface area contributed by atoms with Crippen molar-refractivity contribution in [1.82, 2.24) is 25.4 Å². The lowest BCUT2D eigenvalue weighted by Gasteiger charge is -2.36. The maximum atomic E-state index is 12.8. The van der Waals surface area contributed by atoms with Crippen LogP contribution in [0.3, 0.4) is 0 Å². The summed E-state index contributed by atoms with van der Waals surface area (Å²) < 4.78 is 1.82. The molecule has 6 nitrogen and oxygen atoms in total. The number of hydrogen-bond acceptors (Lipinski definition) is 5. The van der Waals surface area contributed by atoms with E-state index in [1.54, 1.807) is 17.5 Å². The molecule has 0 saturated carbocycles. The first-order valence-electron chi connectivity index (χ1n) is 7.61. The number of aryl methyl sites for hydroxylation is 1. The molecule has 1 saturated heterocycles. The average molecular weight is 319 g/mol. The van der Waals surface area contributed by atoms with Gasteiger partial charge in [0.2, 0.25) is 5.91 Å². The summed E-state index contributed by atoms with van der Waals surface area (Å²) in [5, 5.41) is 13.8. The lowest BCUT2D eigenvalue weighted by atomic mass is 9.87. The van der Waals surface area contributed by atoms with E-state index in [2.05, 4.69) is 26.1 Å². The lowest BCUT2D eigenvalue weighted by Crippen LogP contribution is -2.54. The standard InChI is InChI=1S/C15H21N5OS/c1-12-19-13(11-22-12)3-7-17-14(21)15(4-8-16-9-5-15)20-10-2-6-18-20/h2,6,10-11,16H,3-5,7-9H2,1H3,(H,17,21). The maximum Gasteiger partial charge on any atom is 0.248 e. The van der Waals surface area contributed by atoms with E-state index in [1.807, 2.05) is 23.9 Å². The van der Waals surface area contributed by atoms with Crippen molar-refractivity contribution in [3.63, 3.8) is 0 Å². The topological polar surface area (TPSA) is 71.8 Å². The van der Waals surface area contributed by atoms with E-state index in [9.17, 15) is 4.79 Å². The van der Waals surface area contributed by atoms with Crippen molar-refractivity contribution in [1.29, 1.82) is 0 Å². The Hall–Kier alpha value is -1.73. The summed E-state index contributed by atoms with van der Waals surface area (Å²) in [7, 11) is 0. The van der Waals surface area contributed by atoms with Crippen LogP contribution in [0.25, 0.3) is 0 Å². The van der Waals surface area contributed by atoms with E-state index < -0.39 is 5.54 Å². The second kappa shape index (κ2) is 6.58. The fourth-order valence-corrected chi connectivity index (χ4v) is 3.56. The highest BCUT2D eigenvalue weighted by Gasteiger charge is 2.41. The molecule has 3 heterocycles. The molecule has 118 valence electrons. The van der Waals surface area contributed by atoms with Crippen LogP contribution in [0.2, 0.25) is 0 Å². The molecule has 2 N–H and O–H groups in total. The van der Waals surface area contributed by atoms with Gasteiger partial charge in [0.05, 0.1) is 10.7 Å². The molecular formula is C15H21N5OS. The molecule has 1 fully saturated rings. The number of carbonyl (C=O) groups is 1. The van der Waals surface area contributed by atoms with Crippen molar-refractivity contribution in [2.45, 2.75) is 31.7 Å². The molecule has 7 heteroatoms. The smallest absolute Gasteiger partial charge is 0.248 e. The molecule has 0 aliphatic carbocycles. The first-order valence-corrected chi connectivity index (χ1v) is 8.49. The van der Waals surface area contributed by atoms with Gasteiger partial charge in [0.1, 0.15) is 5.54 Å². The van der Waals surface area contributed by atoms with E-state index in [-0.39, 0.29) is 5.91 Å². The fourth-order valence-electron chi connectivity index (χ4n) is 2.91. The van der Waals surface area contributed by atoms with Crippen LogP contribution in [0.5, 0.6) is 0 Å². The van der Waals surface area contributed by atoms with Crippen LogP contribution < -0.4 is 10.6 Å². The highest BCUT2D eigenvalue weighted by molar-refractivity contribution is 7.09. The normalized spacial score (nSPS) is 17.3. The lowest BCUT2D eigenvalue weighted by molar-refractivity contribution is -0.131. The zero-order chi connectivity index (χ0) is 15.4. The minimum atomic E-state index is -0.563. The summed E-state index contributed by atoms with van der Waals surface area (Å²) in [5.74, 6) is 0.0599. The van der Waals surface area contributed by atoms with Crippen molar-refractivity contribution in [2.24, 2.45) is 0 Å². The van der Waals surface area contributed by atoms with Crippen molar-refractivity contribution >= 4 is 17.2 Å². The molecule has 0 bridgehead atoms. The van der Waals surface area contributed by atoms with E-state index in [1.165, 1.54) is 0 Å². The van der Waals surface area contributed by atoms with Gasteiger partial charge in [0.25, 0.3) is 0 Å². The van der Waals surface area contributed by atoms with Gasteiger partial charge >= 0.3 is 0 Å². The van der Waals surface area contributed by atoms with Crippen molar-refractivity contribution < 1.29 is 4.79 Å². The summed E-state index contributed by atoms with van der Waals surface area (Å²) in [5.41, 5.74) is 0.480. The Morgan fingerprint density at radius 1 is 1.50 bits per heavy atom. The summed E-state index contributed by atoms with van der Waals surface area (Å²) in [6.07, 6.45) is 5.90. The van der Waals surface area contributed by atoms with E-state index in [0.29, 0.717) is 6.54 Å². The molecule has 1 aliphatic rings. The van der Waals surface area contributed by atoms with Gasteiger partial charge in [-0.2, -0.15) is 5.10 Å². The van der Waals surface area contributed by atoms with Crippen LogP contribution in [-0.4, -0.2) is 40.3 Å². The average Bonchev–Trinajstić information content (AvgIpc) is 3.20. The summed E-state index contributed by atoms with van der Waals surface area (Å²) in [4.78, 5) is 17.2. The van der Waals surface area contributed by atoms with Gasteiger partial charge in [0, 0.05) is 30.7 Å². The fraction of sp³-hybridized carbons (Fsp3) is 0.533. The Balaban J connectivity index is 1.65. The highest BCUT2D eigenvalue weighted by atomic mass is 32.1. The Morgan fingerprint density at radius 2 is 2.32 bits per heavy atom. The quantitative estimate of drug-likeness (QED) is 0.865. The van der Waals surface area contributed by atoms with E-state index >= 15 is 0 Å². The Labute approximate surface area is 133 Å². The van der Waals surface area contributed by atoms with Crippen LogP contribution in [0.4, 0.5) is 0 Å². The number of amides is 1. The summed E-state index contributed by atoms with van der Waals surface area (Å²) in [6.45, 7) is 4.27. The second-order valence-corrected chi connectivity index (χ2v) is 6.66. The number of carbonyl (C=O) groups excluding carboxylic acids is 1. The van der Waals surface area contributed by atoms with Gasteiger partial charge in [-0.15, -0.1) is 11.3 Å². The molecule has 0 spiro atoms. The van der Waals surface area contributed by atoms with Crippen molar-refractivity contribution in [3.8, 4) is 0 Å². The number of hydrogen-bond donors (Lipinski definition) is 2. The van der Waals surface area contributed by atoms with E-state index in [0.717, 1.165) is 43.1 Å². The third-order valence-corrected chi connectivity index (χ3v) is 4.95. The van der Waals surface area contributed by atoms with Crippen LogP contribution >= 0.6 is 11.3 Å². The Kier molecular flexibility index (Phi) is 4.54. The molecular weight excluding hydrogens is 298 g/mol. The molecule has 0 radical (unpaired) electrons. The molecule has 2 aromatic heterocycles. The first kappa shape index (κ1) is 15.2.